The zero-order chi connectivity index (χ0) is 15.8. The third-order valence-electron chi connectivity index (χ3n) is 2.90. The molecule has 0 radical (unpaired) electrons. The van der Waals surface area contributed by atoms with Crippen molar-refractivity contribution in [3.8, 4) is 0 Å². The molecule has 0 heterocycles. The van der Waals surface area contributed by atoms with Crippen LogP contribution < -0.4 is 10.7 Å². The van der Waals surface area contributed by atoms with Gasteiger partial charge in [-0.15, -0.1) is 0 Å². The lowest BCUT2D eigenvalue weighted by molar-refractivity contribution is 0.626. The normalized spacial score (nSPS) is 10.6. The first kappa shape index (κ1) is 16.4. The minimum Gasteiger partial charge on any atom is -0.361 e. The summed E-state index contributed by atoms with van der Waals surface area (Å²) in [5.74, 6) is -0.430. The molecule has 0 amide bonds. The molecule has 0 unspecified atom stereocenters. The molecule has 0 spiro atoms. The minimum atomic E-state index is -0.430. The second-order valence-electron chi connectivity index (χ2n) is 4.50. The van der Waals surface area contributed by atoms with Crippen molar-refractivity contribution in [1.82, 2.24) is 10.7 Å². The van der Waals surface area contributed by atoms with Crippen molar-refractivity contribution in [3.63, 3.8) is 0 Å². The number of hydrogen-bond donors (Lipinski definition) is 2. The van der Waals surface area contributed by atoms with Gasteiger partial charge in [-0.2, -0.15) is 5.10 Å². The first-order chi connectivity index (χ1) is 10.7. The number of nitrogens with one attached hydrogen (secondary N) is 2. The molecule has 0 saturated heterocycles. The van der Waals surface area contributed by atoms with Crippen LogP contribution in [0.2, 0.25) is 5.02 Å². The third-order valence-corrected chi connectivity index (χ3v) is 3.47. The Hall–Kier alpha value is -1.98. The van der Waals surface area contributed by atoms with Crippen LogP contribution in [0.15, 0.2) is 53.6 Å². The van der Waals surface area contributed by atoms with Gasteiger partial charge in [0, 0.05) is 12.1 Å². The molecule has 0 atom stereocenters. The van der Waals surface area contributed by atoms with E-state index in [0.29, 0.717) is 16.7 Å². The number of thiocarbonyl (C=S) groups is 1. The maximum atomic E-state index is 13.5. The summed E-state index contributed by atoms with van der Waals surface area (Å²) in [5.41, 5.74) is 4.08. The molecule has 0 aliphatic heterocycles. The lowest BCUT2D eigenvalue weighted by atomic mass is 10.1. The monoisotopic (exact) mass is 335 g/mol. The lowest BCUT2D eigenvalue weighted by Gasteiger charge is -2.07. The lowest BCUT2D eigenvalue weighted by Crippen LogP contribution is -2.33. The van der Waals surface area contributed by atoms with Gasteiger partial charge in [0.05, 0.1) is 11.2 Å². The summed E-state index contributed by atoms with van der Waals surface area (Å²) < 4.78 is 13.5. The Morgan fingerprint density at radius 1 is 1.18 bits per heavy atom. The summed E-state index contributed by atoms with van der Waals surface area (Å²) in [6.45, 7) is 0.686. The van der Waals surface area contributed by atoms with E-state index in [1.165, 1.54) is 23.9 Å². The Labute approximate surface area is 139 Å². The van der Waals surface area contributed by atoms with Gasteiger partial charge in [0.1, 0.15) is 5.82 Å². The van der Waals surface area contributed by atoms with E-state index in [0.717, 1.165) is 6.42 Å². The van der Waals surface area contributed by atoms with Crippen LogP contribution in [0.1, 0.15) is 11.1 Å². The maximum Gasteiger partial charge on any atom is 0.186 e. The van der Waals surface area contributed by atoms with Gasteiger partial charge in [-0.25, -0.2) is 4.39 Å². The standard InChI is InChI=1S/C16H15ClFN3S/c17-14-7-4-8-15(18)13(14)11-20-21-16(22)19-10-9-12-5-2-1-3-6-12/h1-8,11H,9-10H2,(H2,19,21,22)/b20-11-. The summed E-state index contributed by atoms with van der Waals surface area (Å²) in [5, 5.41) is 7.59. The molecule has 6 heteroatoms. The summed E-state index contributed by atoms with van der Waals surface area (Å²) in [7, 11) is 0. The average molecular weight is 336 g/mol. The Bertz CT molecular complexity index is 641. The van der Waals surface area contributed by atoms with E-state index in [4.69, 9.17) is 23.8 Å². The van der Waals surface area contributed by atoms with Gasteiger partial charge in [-0.1, -0.05) is 48.0 Å². The van der Waals surface area contributed by atoms with Crippen molar-refractivity contribution in [2.24, 2.45) is 5.10 Å². The van der Waals surface area contributed by atoms with Crippen molar-refractivity contribution >= 4 is 35.1 Å². The smallest absolute Gasteiger partial charge is 0.186 e. The largest absolute Gasteiger partial charge is 0.361 e. The van der Waals surface area contributed by atoms with E-state index in [1.54, 1.807) is 6.07 Å². The summed E-state index contributed by atoms with van der Waals surface area (Å²) >= 11 is 11.0. The molecule has 22 heavy (non-hydrogen) atoms. The fraction of sp³-hybridized carbons (Fsp3) is 0.125. The van der Waals surface area contributed by atoms with E-state index < -0.39 is 5.82 Å². The van der Waals surface area contributed by atoms with Gasteiger partial charge in [0.25, 0.3) is 0 Å². The number of benzene rings is 2. The van der Waals surface area contributed by atoms with E-state index in [-0.39, 0.29) is 5.56 Å². The fourth-order valence-corrected chi connectivity index (χ4v) is 2.16. The van der Waals surface area contributed by atoms with Crippen molar-refractivity contribution < 1.29 is 4.39 Å². The Balaban J connectivity index is 1.77. The molecular weight excluding hydrogens is 321 g/mol. The first-order valence-corrected chi connectivity index (χ1v) is 7.50. The highest BCUT2D eigenvalue weighted by atomic mass is 35.5. The van der Waals surface area contributed by atoms with Crippen LogP contribution in [0.25, 0.3) is 0 Å². The zero-order valence-electron chi connectivity index (χ0n) is 11.7. The molecule has 2 rings (SSSR count). The number of hydrogen-bond acceptors (Lipinski definition) is 2. The molecule has 2 aromatic rings. The molecule has 0 fully saturated rings. The first-order valence-electron chi connectivity index (χ1n) is 6.71. The third kappa shape index (κ3) is 5.09. The number of rotatable bonds is 5. The maximum absolute atomic E-state index is 13.5. The Morgan fingerprint density at radius 2 is 1.95 bits per heavy atom. The molecule has 0 aromatic heterocycles. The highest BCUT2D eigenvalue weighted by Crippen LogP contribution is 2.16. The second kappa shape index (κ2) is 8.46. The predicted octanol–water partition coefficient (Wildman–Crippen LogP) is 3.52. The number of nitrogens with zero attached hydrogens (tertiary/aromatic N) is 1. The van der Waals surface area contributed by atoms with Crippen LogP contribution in [0, 0.1) is 5.82 Å². The topological polar surface area (TPSA) is 36.4 Å². The molecule has 2 N–H and O–H groups in total. The molecule has 3 nitrogen and oxygen atoms in total. The van der Waals surface area contributed by atoms with Crippen LogP contribution in [-0.4, -0.2) is 17.9 Å². The van der Waals surface area contributed by atoms with Gasteiger partial charge in [0.2, 0.25) is 0 Å². The molecule has 0 aliphatic carbocycles. The van der Waals surface area contributed by atoms with Crippen molar-refractivity contribution in [3.05, 3.63) is 70.5 Å². The fourth-order valence-electron chi connectivity index (χ4n) is 1.79. The van der Waals surface area contributed by atoms with Crippen LogP contribution in [0.4, 0.5) is 4.39 Å². The minimum absolute atomic E-state index is 0.226. The van der Waals surface area contributed by atoms with Gasteiger partial charge in [-0.05, 0) is 36.3 Å². The molecule has 2 aromatic carbocycles. The molecule has 0 bridgehead atoms. The van der Waals surface area contributed by atoms with Crippen molar-refractivity contribution in [2.75, 3.05) is 6.54 Å². The quantitative estimate of drug-likeness (QED) is 0.498. The summed E-state index contributed by atoms with van der Waals surface area (Å²) in [6, 6.07) is 14.5. The SMILES string of the molecule is Fc1cccc(Cl)c1/C=N\NC(=S)NCCc1ccccc1. The molecule has 0 aliphatic rings. The Kier molecular flexibility index (Phi) is 6.30. The van der Waals surface area contributed by atoms with Crippen LogP contribution in [0.3, 0.4) is 0 Å². The van der Waals surface area contributed by atoms with E-state index in [1.807, 2.05) is 18.2 Å². The van der Waals surface area contributed by atoms with Crippen LogP contribution in [0.5, 0.6) is 0 Å². The van der Waals surface area contributed by atoms with Gasteiger partial charge >= 0.3 is 0 Å². The van der Waals surface area contributed by atoms with E-state index >= 15 is 0 Å². The highest BCUT2D eigenvalue weighted by molar-refractivity contribution is 7.80. The van der Waals surface area contributed by atoms with Gasteiger partial charge < -0.3 is 5.32 Å². The Morgan fingerprint density at radius 3 is 2.68 bits per heavy atom. The van der Waals surface area contributed by atoms with Gasteiger partial charge in [-0.3, -0.25) is 5.43 Å². The van der Waals surface area contributed by atoms with Crippen molar-refractivity contribution in [2.45, 2.75) is 6.42 Å². The van der Waals surface area contributed by atoms with Crippen LogP contribution >= 0.6 is 23.8 Å². The molecule has 114 valence electrons. The molecule has 0 saturated carbocycles. The van der Waals surface area contributed by atoms with Crippen molar-refractivity contribution in [1.29, 1.82) is 0 Å². The average Bonchev–Trinajstić information content (AvgIpc) is 2.51. The zero-order valence-corrected chi connectivity index (χ0v) is 13.3. The molecular formula is C16H15ClFN3S. The summed E-state index contributed by atoms with van der Waals surface area (Å²) in [4.78, 5) is 0. The second-order valence-corrected chi connectivity index (χ2v) is 5.31. The highest BCUT2D eigenvalue weighted by Gasteiger charge is 2.03. The number of hydrazone groups is 1. The number of halogens is 2. The summed E-state index contributed by atoms with van der Waals surface area (Å²) in [6.07, 6.45) is 2.16. The van der Waals surface area contributed by atoms with E-state index in [9.17, 15) is 4.39 Å². The van der Waals surface area contributed by atoms with Gasteiger partial charge in [0.15, 0.2) is 5.11 Å². The predicted molar refractivity (Wildman–Crippen MR) is 92.9 cm³/mol. The van der Waals surface area contributed by atoms with E-state index in [2.05, 4.69) is 28.0 Å². The van der Waals surface area contributed by atoms with Crippen LogP contribution in [-0.2, 0) is 6.42 Å².